The molecule has 0 spiro atoms. The zero-order chi connectivity index (χ0) is 18.9. The predicted molar refractivity (Wildman–Crippen MR) is 120 cm³/mol. The standard InChI is InChI=1S/C26H21N2/c1-28(2)23-13-6-5-11-21(23)25-24(28)15-14-19-16-17-27(26(19)25)22-12-7-9-18-8-3-4-10-20(18)22/h3-17H,1-2H3/q+1. The van der Waals surface area contributed by atoms with E-state index in [1.807, 2.05) is 0 Å². The van der Waals surface area contributed by atoms with Crippen molar-refractivity contribution in [1.82, 2.24) is 9.05 Å². The Morgan fingerprint density at radius 1 is 0.643 bits per heavy atom. The first-order chi connectivity index (χ1) is 13.7. The van der Waals surface area contributed by atoms with Crippen molar-refractivity contribution < 1.29 is 0 Å². The third-order valence-electron chi connectivity index (χ3n) is 6.24. The summed E-state index contributed by atoms with van der Waals surface area (Å²) in [4.78, 5) is 0. The summed E-state index contributed by atoms with van der Waals surface area (Å²) in [6.45, 7) is 0. The molecule has 4 aromatic carbocycles. The average Bonchev–Trinajstić information content (AvgIpc) is 3.25. The minimum absolute atomic E-state index is 0.780. The summed E-state index contributed by atoms with van der Waals surface area (Å²) in [5.41, 5.74) is 7.94. The fourth-order valence-corrected chi connectivity index (χ4v) is 4.87. The van der Waals surface area contributed by atoms with E-state index >= 15 is 0 Å². The molecule has 28 heavy (non-hydrogen) atoms. The molecule has 0 amide bonds. The summed E-state index contributed by atoms with van der Waals surface area (Å²) in [5, 5.41) is 3.83. The van der Waals surface area contributed by atoms with E-state index in [0.29, 0.717) is 0 Å². The molecule has 134 valence electrons. The number of quaternary nitrogens is 1. The molecule has 0 bridgehead atoms. The van der Waals surface area contributed by atoms with Crippen molar-refractivity contribution in [2.24, 2.45) is 0 Å². The monoisotopic (exact) mass is 361 g/mol. The molecule has 6 rings (SSSR count). The number of para-hydroxylation sites is 1. The Hall–Kier alpha value is -3.36. The molecule has 2 nitrogen and oxygen atoms in total. The van der Waals surface area contributed by atoms with Crippen molar-refractivity contribution in [2.45, 2.75) is 0 Å². The third kappa shape index (κ3) is 1.90. The van der Waals surface area contributed by atoms with Gasteiger partial charge in [0.15, 0.2) is 0 Å². The lowest BCUT2D eigenvalue weighted by Gasteiger charge is -2.24. The maximum atomic E-state index is 2.37. The second-order valence-electron chi connectivity index (χ2n) is 8.05. The smallest absolute Gasteiger partial charge is 0.147 e. The Morgan fingerprint density at radius 2 is 1.43 bits per heavy atom. The minimum Gasteiger partial charge on any atom is -0.315 e. The van der Waals surface area contributed by atoms with Crippen molar-refractivity contribution >= 4 is 33.1 Å². The van der Waals surface area contributed by atoms with Gasteiger partial charge in [0.2, 0.25) is 0 Å². The molecule has 0 saturated carbocycles. The molecule has 0 fully saturated rings. The van der Waals surface area contributed by atoms with Gasteiger partial charge in [-0.05, 0) is 29.7 Å². The first kappa shape index (κ1) is 15.7. The Kier molecular flexibility index (Phi) is 2.99. The van der Waals surface area contributed by atoms with Crippen molar-refractivity contribution in [2.75, 3.05) is 14.1 Å². The van der Waals surface area contributed by atoms with Gasteiger partial charge in [-0.1, -0.05) is 48.5 Å². The van der Waals surface area contributed by atoms with Crippen LogP contribution < -0.4 is 4.48 Å². The molecule has 1 aliphatic rings. The number of fused-ring (bicyclic) bond motifs is 6. The maximum Gasteiger partial charge on any atom is 0.147 e. The van der Waals surface area contributed by atoms with Crippen LogP contribution in [0.25, 0.3) is 38.5 Å². The predicted octanol–water partition coefficient (Wildman–Crippen LogP) is 6.66. The van der Waals surface area contributed by atoms with Gasteiger partial charge in [-0.3, -0.25) is 4.48 Å². The van der Waals surface area contributed by atoms with Gasteiger partial charge in [-0.15, -0.1) is 0 Å². The van der Waals surface area contributed by atoms with Crippen LogP contribution in [-0.2, 0) is 0 Å². The molecule has 0 N–H and O–H groups in total. The summed E-state index contributed by atoms with van der Waals surface area (Å²) in [6.07, 6.45) is 2.22. The van der Waals surface area contributed by atoms with Crippen LogP contribution in [0.2, 0.25) is 0 Å². The molecular formula is C26H21N2+. The highest BCUT2D eigenvalue weighted by molar-refractivity contribution is 6.09. The summed E-state index contributed by atoms with van der Waals surface area (Å²) >= 11 is 0. The van der Waals surface area contributed by atoms with Crippen LogP contribution in [-0.4, -0.2) is 18.7 Å². The first-order valence-electron chi connectivity index (χ1n) is 9.73. The van der Waals surface area contributed by atoms with Crippen molar-refractivity contribution in [3.05, 3.63) is 91.1 Å². The second kappa shape index (κ2) is 5.34. The van der Waals surface area contributed by atoms with Gasteiger partial charge in [0.1, 0.15) is 11.4 Å². The largest absolute Gasteiger partial charge is 0.315 e. The minimum atomic E-state index is 0.780. The van der Waals surface area contributed by atoms with Crippen LogP contribution >= 0.6 is 0 Å². The van der Waals surface area contributed by atoms with Crippen molar-refractivity contribution in [3.8, 4) is 16.8 Å². The van der Waals surface area contributed by atoms with Crippen LogP contribution in [0.15, 0.2) is 91.1 Å². The number of hydrogen-bond donors (Lipinski definition) is 0. The molecule has 2 heteroatoms. The molecule has 0 saturated heterocycles. The molecule has 0 atom stereocenters. The number of nitrogens with zero attached hydrogens (tertiary/aromatic N) is 2. The number of hydrogen-bond acceptors (Lipinski definition) is 0. The van der Waals surface area contributed by atoms with Crippen LogP contribution in [0.3, 0.4) is 0 Å². The lowest BCUT2D eigenvalue weighted by molar-refractivity contribution is 0.568. The van der Waals surface area contributed by atoms with E-state index in [-0.39, 0.29) is 0 Å². The molecule has 2 heterocycles. The fraction of sp³-hybridized carbons (Fsp3) is 0.0769. The topological polar surface area (TPSA) is 4.93 Å². The SMILES string of the molecule is C[N+]1(C)c2ccccc2-c2c1ccc1ccn(-c3cccc4ccccc34)c21. The Bertz CT molecular complexity index is 1380. The van der Waals surface area contributed by atoms with Gasteiger partial charge < -0.3 is 4.57 Å². The quantitative estimate of drug-likeness (QED) is 0.294. The number of benzene rings is 4. The van der Waals surface area contributed by atoms with Crippen LogP contribution in [0.5, 0.6) is 0 Å². The number of rotatable bonds is 1. The molecule has 0 aliphatic carbocycles. The van der Waals surface area contributed by atoms with E-state index in [0.717, 1.165) is 4.48 Å². The van der Waals surface area contributed by atoms with E-state index in [4.69, 9.17) is 0 Å². The van der Waals surface area contributed by atoms with Gasteiger partial charge in [0, 0.05) is 29.1 Å². The number of aromatic nitrogens is 1. The van der Waals surface area contributed by atoms with Crippen molar-refractivity contribution in [1.29, 1.82) is 0 Å². The summed E-state index contributed by atoms with van der Waals surface area (Å²) < 4.78 is 3.15. The average molecular weight is 361 g/mol. The van der Waals surface area contributed by atoms with E-state index < -0.39 is 0 Å². The van der Waals surface area contributed by atoms with Gasteiger partial charge in [0.25, 0.3) is 0 Å². The fourth-order valence-electron chi connectivity index (χ4n) is 4.87. The Morgan fingerprint density at radius 3 is 2.36 bits per heavy atom. The molecule has 1 aliphatic heterocycles. The molecule has 1 aromatic heterocycles. The highest BCUT2D eigenvalue weighted by Gasteiger charge is 2.38. The maximum absolute atomic E-state index is 2.37. The summed E-state index contributed by atoms with van der Waals surface area (Å²) in [7, 11) is 4.56. The van der Waals surface area contributed by atoms with Gasteiger partial charge in [0.05, 0.1) is 36.4 Å². The van der Waals surface area contributed by atoms with Crippen molar-refractivity contribution in [3.63, 3.8) is 0 Å². The first-order valence-corrected chi connectivity index (χ1v) is 9.73. The second-order valence-corrected chi connectivity index (χ2v) is 8.05. The summed E-state index contributed by atoms with van der Waals surface area (Å²) in [6, 6.07) is 30.8. The normalized spacial score (nSPS) is 14.4. The highest BCUT2D eigenvalue weighted by atomic mass is 15.3. The van der Waals surface area contributed by atoms with E-state index in [1.54, 1.807) is 0 Å². The zero-order valence-electron chi connectivity index (χ0n) is 16.1. The van der Waals surface area contributed by atoms with Crippen LogP contribution in [0, 0.1) is 0 Å². The van der Waals surface area contributed by atoms with E-state index in [9.17, 15) is 0 Å². The molecule has 0 unspecified atom stereocenters. The van der Waals surface area contributed by atoms with Crippen LogP contribution in [0.1, 0.15) is 0 Å². The lowest BCUT2D eigenvalue weighted by atomic mass is 10.0. The highest BCUT2D eigenvalue weighted by Crippen LogP contribution is 2.53. The van der Waals surface area contributed by atoms with E-state index in [2.05, 4.69) is 110 Å². The lowest BCUT2D eigenvalue weighted by Crippen LogP contribution is -2.31. The Labute approximate surface area is 164 Å². The Balaban J connectivity index is 1.77. The van der Waals surface area contributed by atoms with Gasteiger partial charge in [-0.25, -0.2) is 0 Å². The third-order valence-corrected chi connectivity index (χ3v) is 6.24. The summed E-state index contributed by atoms with van der Waals surface area (Å²) in [5.74, 6) is 0. The zero-order valence-corrected chi connectivity index (χ0v) is 16.1. The molecule has 0 radical (unpaired) electrons. The molecule has 5 aromatic rings. The van der Waals surface area contributed by atoms with Gasteiger partial charge in [-0.2, -0.15) is 0 Å². The van der Waals surface area contributed by atoms with E-state index in [1.165, 1.54) is 49.9 Å². The van der Waals surface area contributed by atoms with Crippen LogP contribution in [0.4, 0.5) is 11.4 Å². The van der Waals surface area contributed by atoms with Gasteiger partial charge >= 0.3 is 0 Å². The molecular weight excluding hydrogens is 340 g/mol.